The molecule has 0 fully saturated rings. The quantitative estimate of drug-likeness (QED) is 0.0262. The smallest absolute Gasteiger partial charge is 0.306 e. The van der Waals surface area contributed by atoms with E-state index in [4.69, 9.17) is 14.2 Å². The summed E-state index contributed by atoms with van der Waals surface area (Å²) >= 11 is 0. The third-order valence-corrected chi connectivity index (χ3v) is 12.0. The fourth-order valence-corrected chi connectivity index (χ4v) is 7.73. The minimum Gasteiger partial charge on any atom is -0.462 e. The first kappa shape index (κ1) is 65.3. The van der Waals surface area contributed by atoms with Crippen molar-refractivity contribution in [1.29, 1.82) is 0 Å². The molecule has 0 aliphatic rings. The maximum Gasteiger partial charge on any atom is 0.306 e. The van der Waals surface area contributed by atoms with Gasteiger partial charge >= 0.3 is 17.9 Å². The average Bonchev–Trinajstić information content (AvgIpc) is 3.35. The van der Waals surface area contributed by atoms with Gasteiger partial charge in [-0.1, -0.05) is 221 Å². The molecule has 6 heteroatoms. The van der Waals surface area contributed by atoms with E-state index >= 15 is 0 Å². The standard InChI is InChI=1S/C63H106O6/c1-4-7-10-13-16-19-22-25-27-29-31-33-35-38-41-44-47-50-53-56-62(65)68-59-60(58-67-61(64)55-52-49-46-43-40-37-24-21-18-15-12-9-6-3)69-63(66)57-54-51-48-45-42-39-36-34-32-30-28-26-23-20-17-14-11-8-5-2/h7,10,16-17,19-21,24-28,31,33,38,41,60H,4-6,8-9,11-15,18,22-23,29-30,32,34-37,39-40,42-59H2,1-3H3/b10-7-,19-16-,20-17-,24-21-,27-25-,28-26-,33-31-,41-38-. The van der Waals surface area contributed by atoms with Gasteiger partial charge in [0.2, 0.25) is 0 Å². The van der Waals surface area contributed by atoms with Crippen molar-refractivity contribution >= 4 is 17.9 Å². The van der Waals surface area contributed by atoms with Gasteiger partial charge in [-0.15, -0.1) is 0 Å². The molecule has 0 N–H and O–H groups in total. The molecule has 0 spiro atoms. The van der Waals surface area contributed by atoms with Crippen molar-refractivity contribution in [3.63, 3.8) is 0 Å². The molecule has 0 saturated heterocycles. The highest BCUT2D eigenvalue weighted by Crippen LogP contribution is 2.14. The molecule has 0 saturated carbocycles. The Labute approximate surface area is 426 Å². The van der Waals surface area contributed by atoms with E-state index in [0.717, 1.165) is 109 Å². The number of rotatable bonds is 51. The summed E-state index contributed by atoms with van der Waals surface area (Å²) in [5.41, 5.74) is 0. The Kier molecular flexibility index (Phi) is 53.9. The van der Waals surface area contributed by atoms with Crippen LogP contribution in [-0.2, 0) is 28.6 Å². The Morgan fingerprint density at radius 2 is 0.565 bits per heavy atom. The van der Waals surface area contributed by atoms with E-state index in [1.54, 1.807) is 0 Å². The molecule has 1 unspecified atom stereocenters. The average molecular weight is 960 g/mol. The number of esters is 3. The van der Waals surface area contributed by atoms with Crippen LogP contribution in [0.25, 0.3) is 0 Å². The number of hydrogen-bond donors (Lipinski definition) is 0. The minimum absolute atomic E-state index is 0.0945. The van der Waals surface area contributed by atoms with Crippen molar-refractivity contribution in [3.8, 4) is 0 Å². The summed E-state index contributed by atoms with van der Waals surface area (Å²) in [6, 6.07) is 0. The van der Waals surface area contributed by atoms with E-state index in [-0.39, 0.29) is 31.1 Å². The minimum atomic E-state index is -0.798. The van der Waals surface area contributed by atoms with Gasteiger partial charge in [0.15, 0.2) is 6.10 Å². The van der Waals surface area contributed by atoms with Gasteiger partial charge < -0.3 is 14.2 Å². The highest BCUT2D eigenvalue weighted by atomic mass is 16.6. The van der Waals surface area contributed by atoms with Gasteiger partial charge in [0.05, 0.1) is 0 Å². The summed E-state index contributed by atoms with van der Waals surface area (Å²) < 4.78 is 16.8. The highest BCUT2D eigenvalue weighted by molar-refractivity contribution is 5.71. The predicted octanol–water partition coefficient (Wildman–Crippen LogP) is 19.3. The van der Waals surface area contributed by atoms with Crippen LogP contribution in [0.15, 0.2) is 97.2 Å². The van der Waals surface area contributed by atoms with Gasteiger partial charge in [-0.25, -0.2) is 0 Å². The fourth-order valence-electron chi connectivity index (χ4n) is 7.73. The number of allylic oxidation sites excluding steroid dienone is 16. The first-order valence-electron chi connectivity index (χ1n) is 28.7. The van der Waals surface area contributed by atoms with Gasteiger partial charge in [0, 0.05) is 19.3 Å². The monoisotopic (exact) mass is 959 g/mol. The van der Waals surface area contributed by atoms with Crippen LogP contribution in [0.1, 0.15) is 265 Å². The van der Waals surface area contributed by atoms with Crippen LogP contribution in [0, 0.1) is 0 Å². The molecule has 0 aliphatic carbocycles. The van der Waals surface area contributed by atoms with E-state index in [0.29, 0.717) is 19.3 Å². The molecule has 0 amide bonds. The zero-order valence-corrected chi connectivity index (χ0v) is 45.0. The second-order valence-electron chi connectivity index (χ2n) is 18.8. The summed E-state index contributed by atoms with van der Waals surface area (Å²) in [4.78, 5) is 38.1. The molecule has 0 bridgehead atoms. The largest absolute Gasteiger partial charge is 0.462 e. The molecule has 0 aliphatic heterocycles. The van der Waals surface area contributed by atoms with Crippen molar-refractivity contribution in [3.05, 3.63) is 97.2 Å². The molecule has 69 heavy (non-hydrogen) atoms. The summed E-state index contributed by atoms with van der Waals surface area (Å²) in [6.07, 6.45) is 75.3. The van der Waals surface area contributed by atoms with Gasteiger partial charge in [-0.2, -0.15) is 0 Å². The molecular formula is C63H106O6. The van der Waals surface area contributed by atoms with E-state index < -0.39 is 6.10 Å². The lowest BCUT2D eigenvalue weighted by Gasteiger charge is -2.18. The Morgan fingerprint density at radius 3 is 0.942 bits per heavy atom. The topological polar surface area (TPSA) is 78.9 Å². The molecule has 394 valence electrons. The van der Waals surface area contributed by atoms with Crippen LogP contribution in [0.5, 0.6) is 0 Å². The van der Waals surface area contributed by atoms with Crippen LogP contribution in [0.2, 0.25) is 0 Å². The van der Waals surface area contributed by atoms with Crippen LogP contribution < -0.4 is 0 Å². The normalized spacial score (nSPS) is 12.8. The molecule has 6 nitrogen and oxygen atoms in total. The van der Waals surface area contributed by atoms with Crippen LogP contribution in [0.4, 0.5) is 0 Å². The second kappa shape index (κ2) is 56.9. The van der Waals surface area contributed by atoms with Crippen molar-refractivity contribution in [2.45, 2.75) is 271 Å². The van der Waals surface area contributed by atoms with E-state index in [2.05, 4.69) is 118 Å². The van der Waals surface area contributed by atoms with Crippen LogP contribution in [-0.4, -0.2) is 37.2 Å². The molecular weight excluding hydrogens is 853 g/mol. The Balaban J connectivity index is 4.45. The van der Waals surface area contributed by atoms with Crippen LogP contribution >= 0.6 is 0 Å². The number of hydrogen-bond acceptors (Lipinski definition) is 6. The maximum atomic E-state index is 12.9. The van der Waals surface area contributed by atoms with Crippen molar-refractivity contribution in [2.24, 2.45) is 0 Å². The van der Waals surface area contributed by atoms with Crippen molar-refractivity contribution < 1.29 is 28.6 Å². The predicted molar refractivity (Wildman–Crippen MR) is 297 cm³/mol. The zero-order chi connectivity index (χ0) is 50.0. The SMILES string of the molecule is CC/C=C\C/C=C\C/C=C\C/C=C\C/C=C\CCCCCC(=O)OCC(COC(=O)CCCCCCC/C=C\CCCCCC)OC(=O)CCCCCCCCCCC/C=C\C/C=C\CCCCC. The molecule has 1 atom stereocenters. The van der Waals surface area contributed by atoms with Gasteiger partial charge in [0.25, 0.3) is 0 Å². The first-order chi connectivity index (χ1) is 34.0. The lowest BCUT2D eigenvalue weighted by molar-refractivity contribution is -0.167. The lowest BCUT2D eigenvalue weighted by Crippen LogP contribution is -2.30. The first-order valence-corrected chi connectivity index (χ1v) is 28.7. The third kappa shape index (κ3) is 55.1. The highest BCUT2D eigenvalue weighted by Gasteiger charge is 2.19. The maximum absolute atomic E-state index is 12.9. The fraction of sp³-hybridized carbons (Fsp3) is 0.698. The summed E-state index contributed by atoms with van der Waals surface area (Å²) in [5, 5.41) is 0. The number of carbonyl (C=O) groups excluding carboxylic acids is 3. The third-order valence-electron chi connectivity index (χ3n) is 12.0. The Hall–Kier alpha value is -3.67. The molecule has 0 rings (SSSR count). The van der Waals surface area contributed by atoms with Gasteiger partial charge in [-0.05, 0) is 122 Å². The van der Waals surface area contributed by atoms with Crippen molar-refractivity contribution in [1.82, 2.24) is 0 Å². The molecule has 0 aromatic heterocycles. The molecule has 0 radical (unpaired) electrons. The number of ether oxygens (including phenoxy) is 3. The second-order valence-corrected chi connectivity index (χ2v) is 18.8. The van der Waals surface area contributed by atoms with Crippen molar-refractivity contribution in [2.75, 3.05) is 13.2 Å². The molecule has 0 aromatic carbocycles. The molecule has 0 heterocycles. The van der Waals surface area contributed by atoms with E-state index in [1.165, 1.54) is 116 Å². The molecule has 0 aromatic rings. The van der Waals surface area contributed by atoms with E-state index in [9.17, 15) is 14.4 Å². The summed E-state index contributed by atoms with van der Waals surface area (Å²) in [6.45, 7) is 6.45. The van der Waals surface area contributed by atoms with Gasteiger partial charge in [0.1, 0.15) is 13.2 Å². The zero-order valence-electron chi connectivity index (χ0n) is 45.0. The Morgan fingerprint density at radius 1 is 0.304 bits per heavy atom. The Bertz CT molecular complexity index is 1380. The summed E-state index contributed by atoms with van der Waals surface area (Å²) in [5.74, 6) is -0.937. The number of unbranched alkanes of at least 4 members (excludes halogenated alkanes) is 24. The lowest BCUT2D eigenvalue weighted by atomic mass is 10.1. The number of carbonyl (C=O) groups is 3. The van der Waals surface area contributed by atoms with Gasteiger partial charge in [-0.3, -0.25) is 14.4 Å². The van der Waals surface area contributed by atoms with E-state index in [1.807, 2.05) is 0 Å². The summed E-state index contributed by atoms with van der Waals surface area (Å²) in [7, 11) is 0. The van der Waals surface area contributed by atoms with Crippen LogP contribution in [0.3, 0.4) is 0 Å².